The van der Waals surface area contributed by atoms with Gasteiger partial charge in [-0.1, -0.05) is 178 Å². The van der Waals surface area contributed by atoms with Crippen molar-refractivity contribution in [3.8, 4) is 50.7 Å². The summed E-state index contributed by atoms with van der Waals surface area (Å²) in [5.74, 6) is 1.19. The van der Waals surface area contributed by atoms with Crippen LogP contribution in [0.3, 0.4) is 0 Å². The van der Waals surface area contributed by atoms with Crippen LogP contribution in [0.1, 0.15) is 115 Å². The smallest absolute Gasteiger partial charge is 0.135 e. The van der Waals surface area contributed by atoms with E-state index in [2.05, 4.69) is 123 Å². The summed E-state index contributed by atoms with van der Waals surface area (Å²) in [6.45, 7) is 24.1. The molecular weight excluding hydrogens is 1110 g/mol. The molecule has 0 atom stereocenters. The van der Waals surface area contributed by atoms with Gasteiger partial charge in [0.2, 0.25) is 0 Å². The zero-order valence-corrected chi connectivity index (χ0v) is 47.0. The Hall–Kier alpha value is -7.20. The van der Waals surface area contributed by atoms with Gasteiger partial charge in [-0.2, -0.15) is 12.1 Å². The van der Waals surface area contributed by atoms with Crippen LogP contribution in [0.4, 0.5) is 22.7 Å². The number of pyridine rings is 1. The molecule has 12 rings (SSSR count). The van der Waals surface area contributed by atoms with Crippen molar-refractivity contribution >= 4 is 44.6 Å². The fraction of sp³-hybridized carbons (Fsp3) is 0.229. The van der Waals surface area contributed by atoms with E-state index < -0.39 is 5.41 Å². The van der Waals surface area contributed by atoms with Gasteiger partial charge in [0.05, 0.1) is 11.0 Å². The second kappa shape index (κ2) is 19.1. The van der Waals surface area contributed by atoms with E-state index in [4.69, 9.17) is 15.2 Å². The number of ether oxygens (including phenoxy) is 1. The molecule has 6 heteroatoms. The summed E-state index contributed by atoms with van der Waals surface area (Å²) in [7, 11) is 0. The molecule has 76 heavy (non-hydrogen) atoms. The molecule has 0 N–H and O–H groups in total. The number of benzene rings is 8. The predicted molar refractivity (Wildman–Crippen MR) is 313 cm³/mol. The summed E-state index contributed by atoms with van der Waals surface area (Å²) >= 11 is 0. The van der Waals surface area contributed by atoms with Gasteiger partial charge in [-0.05, 0) is 127 Å². The van der Waals surface area contributed by atoms with Crippen molar-refractivity contribution in [1.82, 2.24) is 9.55 Å². The van der Waals surface area contributed by atoms with E-state index >= 15 is 0 Å². The monoisotopic (exact) mass is 1180 g/mol. The second-order valence-electron chi connectivity index (χ2n) is 23.5. The van der Waals surface area contributed by atoms with Crippen LogP contribution in [0.15, 0.2) is 182 Å². The largest absolute Gasteiger partial charge is 0.509 e. The van der Waals surface area contributed by atoms with Crippen LogP contribution in [0.2, 0.25) is 0 Å². The third-order valence-electron chi connectivity index (χ3n) is 15.3. The quantitative estimate of drug-likeness (QED) is 0.142. The maximum absolute atomic E-state index is 9.89. The summed E-state index contributed by atoms with van der Waals surface area (Å²) in [5.41, 5.74) is 11.0. The topological polar surface area (TPSA) is 33.5 Å². The molecule has 384 valence electrons. The predicted octanol–water partition coefficient (Wildman–Crippen LogP) is 18.9. The third kappa shape index (κ3) is 9.15. The first-order valence-electron chi connectivity index (χ1n) is 29.9. The maximum Gasteiger partial charge on any atom is 0.135 e. The van der Waals surface area contributed by atoms with Crippen LogP contribution in [-0.4, -0.2) is 9.55 Å². The van der Waals surface area contributed by atoms with E-state index in [-0.39, 0.29) is 96.8 Å². The number of anilines is 4. The van der Waals surface area contributed by atoms with Gasteiger partial charge in [0, 0.05) is 72.5 Å². The van der Waals surface area contributed by atoms with Crippen LogP contribution in [-0.2, 0) is 42.7 Å². The summed E-state index contributed by atoms with van der Waals surface area (Å²) in [4.78, 5) is 8.91. The molecule has 1 aliphatic carbocycles. The number of fused-ring (bicyclic) bond motifs is 5. The van der Waals surface area contributed by atoms with Crippen molar-refractivity contribution in [3.05, 3.63) is 223 Å². The molecule has 2 aliphatic rings. The molecule has 0 unspecified atom stereocenters. The number of nitrogens with zero attached hydrogens (tertiary/aromatic N) is 4. The molecule has 10 aromatic rings. The molecule has 0 radical (unpaired) electrons. The number of para-hydroxylation sites is 3. The minimum Gasteiger partial charge on any atom is -0.509 e. The Kier molecular flexibility index (Phi) is 10.6. The van der Waals surface area contributed by atoms with Crippen molar-refractivity contribution in [1.29, 1.82) is 0 Å². The van der Waals surface area contributed by atoms with Gasteiger partial charge >= 0.3 is 0 Å². The molecule has 1 aliphatic heterocycles. The molecule has 0 saturated carbocycles. The summed E-state index contributed by atoms with van der Waals surface area (Å²) < 4.78 is 82.9. The zero-order chi connectivity index (χ0) is 59.0. The van der Waals surface area contributed by atoms with E-state index in [0.29, 0.717) is 61.6 Å². The van der Waals surface area contributed by atoms with E-state index in [9.17, 15) is 5.48 Å². The maximum atomic E-state index is 9.89. The average Bonchev–Trinajstić information content (AvgIpc) is 1.61. The summed E-state index contributed by atoms with van der Waals surface area (Å²) in [6.07, 6.45) is 3.81. The van der Waals surface area contributed by atoms with Gasteiger partial charge in [0.25, 0.3) is 0 Å². The van der Waals surface area contributed by atoms with Crippen LogP contribution in [0.5, 0.6) is 11.5 Å². The van der Waals surface area contributed by atoms with Gasteiger partial charge < -0.3 is 19.1 Å². The molecule has 3 heterocycles. The molecule has 0 saturated heterocycles. The first kappa shape index (κ1) is 42.0. The number of aromatic nitrogens is 2. The standard InChI is InChI=1S/C70H65N4O.Pt/c1-67(2,3)50-35-38-71-65(42-50)74-61-24-15-14-23-55(61)56-33-32-54(44-64(56)74)75-53-22-18-21-52(43-53)72-45-73(63-26-17-16-25-62(63)72)66-57(48-29-27-47(28-30-48)46-19-12-11-13-20-46)40-51(68(4,5)6)41-58(66)49-31-34-59-60(39-49)70(9,10)37-36-69(59,7)8;/h11-35,38-42,45H,36-37H2,1-10H3;/q-3;/i14D,15D,23D,24D,27D,28D,29D,30D;. The van der Waals surface area contributed by atoms with Crippen molar-refractivity contribution in [2.45, 2.75) is 104 Å². The molecule has 0 bridgehead atoms. The first-order valence-corrected chi connectivity index (χ1v) is 25.9. The van der Waals surface area contributed by atoms with Crippen molar-refractivity contribution in [3.63, 3.8) is 0 Å². The van der Waals surface area contributed by atoms with Gasteiger partial charge in [-0.3, -0.25) is 0 Å². The number of rotatable bonds is 8. The summed E-state index contributed by atoms with van der Waals surface area (Å²) in [6, 6.07) is 47.0. The van der Waals surface area contributed by atoms with E-state index in [0.717, 1.165) is 46.5 Å². The zero-order valence-electron chi connectivity index (χ0n) is 52.7. The van der Waals surface area contributed by atoms with Crippen LogP contribution < -0.4 is 14.5 Å². The van der Waals surface area contributed by atoms with Crippen molar-refractivity contribution < 1.29 is 36.8 Å². The Bertz CT molecular complexity index is 4280. The molecule has 2 aromatic heterocycles. The molecule has 0 fully saturated rings. The average molecular weight is 1180 g/mol. The Balaban J connectivity index is 0.00000736. The minimum absolute atomic E-state index is 0. The van der Waals surface area contributed by atoms with Gasteiger partial charge in [0.15, 0.2) is 0 Å². The van der Waals surface area contributed by atoms with Crippen molar-refractivity contribution in [2.75, 3.05) is 9.80 Å². The van der Waals surface area contributed by atoms with Gasteiger partial charge in [-0.25, -0.2) is 4.98 Å². The van der Waals surface area contributed by atoms with E-state index in [1.807, 2.05) is 90.4 Å². The van der Waals surface area contributed by atoms with Gasteiger partial charge in [-0.15, -0.1) is 48.1 Å². The van der Waals surface area contributed by atoms with E-state index in [1.54, 1.807) is 22.9 Å². The van der Waals surface area contributed by atoms with E-state index in [1.165, 1.54) is 11.1 Å². The molecule has 8 aromatic carbocycles. The fourth-order valence-electron chi connectivity index (χ4n) is 10.8. The Morgan fingerprint density at radius 2 is 1.21 bits per heavy atom. The molecule has 5 nitrogen and oxygen atoms in total. The first-order chi connectivity index (χ1) is 39.2. The molecule has 0 spiro atoms. The van der Waals surface area contributed by atoms with Crippen molar-refractivity contribution in [2.24, 2.45) is 0 Å². The Morgan fingerprint density at radius 1 is 0.566 bits per heavy atom. The third-order valence-corrected chi connectivity index (χ3v) is 15.3. The normalized spacial score (nSPS) is 16.3. The van der Waals surface area contributed by atoms with Gasteiger partial charge in [0.1, 0.15) is 5.82 Å². The molecule has 0 amide bonds. The second-order valence-corrected chi connectivity index (χ2v) is 23.5. The summed E-state index contributed by atoms with van der Waals surface area (Å²) in [5, 5.41) is 0.931. The fourth-order valence-corrected chi connectivity index (χ4v) is 10.8. The molecular formula is C70H65N4OPt-3. The number of hydrogen-bond donors (Lipinski definition) is 0. The Labute approximate surface area is 475 Å². The number of hydrogen-bond acceptors (Lipinski definition) is 4. The van der Waals surface area contributed by atoms with Crippen LogP contribution in [0, 0.1) is 18.8 Å². The van der Waals surface area contributed by atoms with Crippen LogP contribution in [0.25, 0.3) is 61.0 Å². The SMILES string of the molecule is [2H]c1c([2H])c(-c2cc(C(C)(C)C)cc(-c3ccc4c(c3)C(C)(C)CCC4(C)C)c2N2[CH-]N(c3[c-]c(Oc4[c-]c5c(cc4)c4c([2H])c([2H])c([2H])c([2H])c4n5-c4cc(C(C)(C)C)ccn4)ccc3)c3ccccc32)c([2H])c([2H])c1-c1ccccc1.[Pt]. The minimum atomic E-state index is -0.396. The Morgan fingerprint density at radius 3 is 1.93 bits per heavy atom. The van der Waals surface area contributed by atoms with Crippen LogP contribution >= 0.6 is 0 Å².